The topological polar surface area (TPSA) is 51.0 Å². The Bertz CT molecular complexity index is 753. The standard InChI is InChI=1S/C15H15F3N4O/c1-9-4-3-6-19-13(9)14(23)21-7-5-11(15(16,17)18)22-12(21)8-10(2)20-22/h3-4,6,8,11H,5,7H2,1-2H3. The van der Waals surface area contributed by atoms with E-state index in [9.17, 15) is 18.0 Å². The zero-order valence-electron chi connectivity index (χ0n) is 12.6. The Morgan fingerprint density at radius 3 is 2.74 bits per heavy atom. The Morgan fingerprint density at radius 1 is 1.35 bits per heavy atom. The van der Waals surface area contributed by atoms with Crippen LogP contribution < -0.4 is 4.90 Å². The molecule has 3 rings (SSSR count). The Hall–Kier alpha value is -2.38. The first-order valence-electron chi connectivity index (χ1n) is 7.15. The monoisotopic (exact) mass is 324 g/mol. The summed E-state index contributed by atoms with van der Waals surface area (Å²) in [6.07, 6.45) is -3.14. The molecule has 0 radical (unpaired) electrons. The van der Waals surface area contributed by atoms with Gasteiger partial charge in [0.1, 0.15) is 11.5 Å². The smallest absolute Gasteiger partial charge is 0.291 e. The Morgan fingerprint density at radius 2 is 2.09 bits per heavy atom. The molecule has 0 aromatic carbocycles. The summed E-state index contributed by atoms with van der Waals surface area (Å²) in [5.41, 5.74) is 1.35. The second-order valence-electron chi connectivity index (χ2n) is 5.56. The summed E-state index contributed by atoms with van der Waals surface area (Å²) in [6.45, 7) is 3.32. The molecule has 1 amide bonds. The molecule has 122 valence electrons. The van der Waals surface area contributed by atoms with Crippen molar-refractivity contribution in [1.29, 1.82) is 0 Å². The number of alkyl halides is 3. The van der Waals surface area contributed by atoms with Crippen molar-refractivity contribution in [2.75, 3.05) is 11.4 Å². The molecule has 0 spiro atoms. The molecular formula is C15H15F3N4O. The van der Waals surface area contributed by atoms with Crippen molar-refractivity contribution in [3.8, 4) is 0 Å². The second kappa shape index (κ2) is 5.36. The number of pyridine rings is 1. The minimum atomic E-state index is -4.40. The number of amides is 1. The molecule has 23 heavy (non-hydrogen) atoms. The van der Waals surface area contributed by atoms with Gasteiger partial charge in [0.15, 0.2) is 6.04 Å². The van der Waals surface area contributed by atoms with Crippen LogP contribution in [-0.2, 0) is 0 Å². The van der Waals surface area contributed by atoms with E-state index in [2.05, 4.69) is 10.1 Å². The number of nitrogens with zero attached hydrogens (tertiary/aromatic N) is 4. The van der Waals surface area contributed by atoms with Gasteiger partial charge in [0.25, 0.3) is 5.91 Å². The summed E-state index contributed by atoms with van der Waals surface area (Å²) >= 11 is 0. The second-order valence-corrected chi connectivity index (χ2v) is 5.56. The lowest BCUT2D eigenvalue weighted by Crippen LogP contribution is -2.43. The van der Waals surface area contributed by atoms with E-state index in [4.69, 9.17) is 0 Å². The maximum atomic E-state index is 13.2. The minimum Gasteiger partial charge on any atom is -0.291 e. The third-order valence-corrected chi connectivity index (χ3v) is 3.87. The molecule has 0 N–H and O–H groups in total. The van der Waals surface area contributed by atoms with Crippen LogP contribution in [0.15, 0.2) is 24.4 Å². The molecule has 1 atom stereocenters. The molecule has 5 nitrogen and oxygen atoms in total. The Labute approximate surface area is 130 Å². The largest absolute Gasteiger partial charge is 0.410 e. The van der Waals surface area contributed by atoms with Gasteiger partial charge in [0.2, 0.25) is 0 Å². The van der Waals surface area contributed by atoms with Crippen molar-refractivity contribution in [3.63, 3.8) is 0 Å². The number of carbonyl (C=O) groups excluding carboxylic acids is 1. The third-order valence-electron chi connectivity index (χ3n) is 3.87. The van der Waals surface area contributed by atoms with E-state index in [-0.39, 0.29) is 24.5 Å². The van der Waals surface area contributed by atoms with Crippen LogP contribution in [0.4, 0.5) is 19.0 Å². The zero-order chi connectivity index (χ0) is 16.8. The van der Waals surface area contributed by atoms with Crippen molar-refractivity contribution in [1.82, 2.24) is 14.8 Å². The van der Waals surface area contributed by atoms with Gasteiger partial charge in [-0.15, -0.1) is 0 Å². The van der Waals surface area contributed by atoms with E-state index in [0.29, 0.717) is 11.3 Å². The molecule has 0 saturated heterocycles. The van der Waals surface area contributed by atoms with E-state index >= 15 is 0 Å². The predicted octanol–water partition coefficient (Wildman–Crippen LogP) is 3.05. The molecule has 0 saturated carbocycles. The van der Waals surface area contributed by atoms with Crippen molar-refractivity contribution in [2.24, 2.45) is 0 Å². The molecule has 0 bridgehead atoms. The number of aryl methyl sites for hydroxylation is 2. The average molecular weight is 324 g/mol. The summed E-state index contributed by atoms with van der Waals surface area (Å²) in [5.74, 6) is -0.254. The van der Waals surface area contributed by atoms with E-state index in [0.717, 1.165) is 4.68 Å². The summed E-state index contributed by atoms with van der Waals surface area (Å²) in [6, 6.07) is 3.23. The molecule has 2 aromatic rings. The lowest BCUT2D eigenvalue weighted by Gasteiger charge is -2.33. The van der Waals surface area contributed by atoms with Gasteiger partial charge in [0.05, 0.1) is 5.69 Å². The van der Waals surface area contributed by atoms with E-state index in [1.807, 2.05) is 0 Å². The van der Waals surface area contributed by atoms with Gasteiger partial charge in [-0.2, -0.15) is 18.3 Å². The molecule has 2 aromatic heterocycles. The number of aromatic nitrogens is 3. The summed E-state index contributed by atoms with van der Waals surface area (Å²) in [7, 11) is 0. The van der Waals surface area contributed by atoms with Crippen LogP contribution in [-0.4, -0.2) is 33.4 Å². The lowest BCUT2D eigenvalue weighted by atomic mass is 10.1. The van der Waals surface area contributed by atoms with Crippen LogP contribution >= 0.6 is 0 Å². The fourth-order valence-electron chi connectivity index (χ4n) is 2.77. The fraction of sp³-hybridized carbons (Fsp3) is 0.400. The Balaban J connectivity index is 2.02. The highest BCUT2D eigenvalue weighted by atomic mass is 19.4. The van der Waals surface area contributed by atoms with Gasteiger partial charge in [-0.1, -0.05) is 6.07 Å². The first-order chi connectivity index (χ1) is 10.8. The maximum absolute atomic E-state index is 13.2. The quantitative estimate of drug-likeness (QED) is 0.810. The van der Waals surface area contributed by atoms with Crippen LogP contribution in [0.3, 0.4) is 0 Å². The van der Waals surface area contributed by atoms with E-state index in [1.165, 1.54) is 17.2 Å². The van der Waals surface area contributed by atoms with Gasteiger partial charge >= 0.3 is 6.18 Å². The predicted molar refractivity (Wildman–Crippen MR) is 77.3 cm³/mol. The highest BCUT2D eigenvalue weighted by Gasteiger charge is 2.46. The molecular weight excluding hydrogens is 309 g/mol. The molecule has 1 aliphatic heterocycles. The van der Waals surface area contributed by atoms with Crippen LogP contribution in [0.25, 0.3) is 0 Å². The number of halogens is 3. The average Bonchev–Trinajstić information content (AvgIpc) is 2.85. The van der Waals surface area contributed by atoms with E-state index < -0.39 is 18.1 Å². The number of hydrogen-bond acceptors (Lipinski definition) is 3. The van der Waals surface area contributed by atoms with Crippen molar-refractivity contribution < 1.29 is 18.0 Å². The van der Waals surface area contributed by atoms with Crippen LogP contribution in [0.2, 0.25) is 0 Å². The van der Waals surface area contributed by atoms with Gasteiger partial charge in [0, 0.05) is 18.8 Å². The normalized spacial score (nSPS) is 18.0. The molecule has 0 fully saturated rings. The van der Waals surface area contributed by atoms with Gasteiger partial charge in [-0.25, -0.2) is 4.68 Å². The SMILES string of the molecule is Cc1cc2n(n1)C(C(F)(F)F)CCN2C(=O)c1ncccc1C. The van der Waals surface area contributed by atoms with Crippen molar-refractivity contribution >= 4 is 11.7 Å². The van der Waals surface area contributed by atoms with Gasteiger partial charge < -0.3 is 0 Å². The van der Waals surface area contributed by atoms with E-state index in [1.54, 1.807) is 26.0 Å². The molecule has 1 aliphatic rings. The molecule has 0 aliphatic carbocycles. The van der Waals surface area contributed by atoms with Crippen LogP contribution in [0.1, 0.15) is 34.2 Å². The van der Waals surface area contributed by atoms with Crippen molar-refractivity contribution in [3.05, 3.63) is 41.3 Å². The summed E-state index contributed by atoms with van der Waals surface area (Å²) < 4.78 is 40.4. The molecule has 3 heterocycles. The highest BCUT2D eigenvalue weighted by Crippen LogP contribution is 2.39. The summed E-state index contributed by atoms with van der Waals surface area (Å²) in [4.78, 5) is 18.1. The number of hydrogen-bond donors (Lipinski definition) is 0. The zero-order valence-corrected chi connectivity index (χ0v) is 12.6. The number of carbonyl (C=O) groups is 1. The van der Waals surface area contributed by atoms with Crippen LogP contribution in [0, 0.1) is 13.8 Å². The first kappa shape index (κ1) is 15.5. The number of rotatable bonds is 1. The van der Waals surface area contributed by atoms with Crippen molar-refractivity contribution in [2.45, 2.75) is 32.5 Å². The minimum absolute atomic E-state index is 0.0237. The summed E-state index contributed by atoms with van der Waals surface area (Å²) in [5, 5.41) is 3.93. The van der Waals surface area contributed by atoms with Gasteiger partial charge in [-0.05, 0) is 31.9 Å². The fourth-order valence-corrected chi connectivity index (χ4v) is 2.77. The first-order valence-corrected chi connectivity index (χ1v) is 7.15. The number of fused-ring (bicyclic) bond motifs is 1. The third kappa shape index (κ3) is 2.69. The number of anilines is 1. The lowest BCUT2D eigenvalue weighted by molar-refractivity contribution is -0.172. The van der Waals surface area contributed by atoms with Gasteiger partial charge in [-0.3, -0.25) is 14.7 Å². The maximum Gasteiger partial charge on any atom is 0.410 e. The van der Waals surface area contributed by atoms with Crippen LogP contribution in [0.5, 0.6) is 0 Å². The molecule has 8 heteroatoms. The Kier molecular flexibility index (Phi) is 3.62. The molecule has 1 unspecified atom stereocenters. The highest BCUT2D eigenvalue weighted by molar-refractivity contribution is 6.05.